The van der Waals surface area contributed by atoms with Crippen LogP contribution in [0.5, 0.6) is 0 Å². The lowest BCUT2D eigenvalue weighted by atomic mass is 10.2. The largest absolute Gasteiger partial charge is 0.478 e. The molecule has 0 saturated carbocycles. The molecule has 0 aliphatic carbocycles. The first-order valence-electron chi connectivity index (χ1n) is 4.84. The number of aliphatic carboxylic acids is 1. The zero-order valence-corrected chi connectivity index (χ0v) is 8.98. The van der Waals surface area contributed by atoms with E-state index in [0.717, 1.165) is 6.08 Å². The van der Waals surface area contributed by atoms with Gasteiger partial charge in [0, 0.05) is 25.2 Å². The fourth-order valence-corrected chi connectivity index (χ4v) is 4.38. The summed E-state index contributed by atoms with van der Waals surface area (Å²) in [6.07, 6.45) is 3.37. The molecule has 2 rings (SSSR count). The van der Waals surface area contributed by atoms with Crippen molar-refractivity contribution in [1.82, 2.24) is 4.90 Å². The molecule has 6 heteroatoms. The molecule has 0 aromatic rings. The average molecular weight is 231 g/mol. The topological polar surface area (TPSA) is 74.7 Å². The van der Waals surface area contributed by atoms with E-state index in [1.807, 2.05) is 4.90 Å². The van der Waals surface area contributed by atoms with E-state index in [-0.39, 0.29) is 17.0 Å². The minimum atomic E-state index is -2.84. The average Bonchev–Trinajstić information content (AvgIpc) is 2.59. The summed E-state index contributed by atoms with van der Waals surface area (Å²) in [7, 11) is -2.84. The van der Waals surface area contributed by atoms with Crippen molar-refractivity contribution in [3.8, 4) is 0 Å². The van der Waals surface area contributed by atoms with Crippen molar-refractivity contribution >= 4 is 15.8 Å². The Labute approximate surface area is 88.3 Å². The normalized spacial score (nSPS) is 33.9. The van der Waals surface area contributed by atoms with Crippen LogP contribution in [-0.2, 0) is 14.6 Å². The summed E-state index contributed by atoms with van der Waals surface area (Å²) in [5.41, 5.74) is 0. The second kappa shape index (κ2) is 3.61. The van der Waals surface area contributed by atoms with Crippen molar-refractivity contribution < 1.29 is 18.3 Å². The van der Waals surface area contributed by atoms with Gasteiger partial charge in [-0.05, 0) is 6.42 Å². The summed E-state index contributed by atoms with van der Waals surface area (Å²) in [4.78, 5) is 12.3. The Balaban J connectivity index is 1.93. The highest BCUT2D eigenvalue weighted by molar-refractivity contribution is 7.92. The fourth-order valence-electron chi connectivity index (χ4n) is 2.29. The van der Waals surface area contributed by atoms with E-state index in [2.05, 4.69) is 0 Å². The highest BCUT2D eigenvalue weighted by Gasteiger charge is 2.47. The first-order chi connectivity index (χ1) is 6.99. The van der Waals surface area contributed by atoms with Crippen LogP contribution in [0.3, 0.4) is 0 Å². The molecule has 0 aromatic heterocycles. The summed E-state index contributed by atoms with van der Waals surface area (Å²) in [6.45, 7) is 1.08. The van der Waals surface area contributed by atoms with Crippen LogP contribution < -0.4 is 0 Å². The number of carboxylic acid groups (broad SMARTS) is 1. The van der Waals surface area contributed by atoms with Crippen LogP contribution in [-0.4, -0.2) is 54.5 Å². The molecule has 5 nitrogen and oxygen atoms in total. The standard InChI is InChI=1S/C9H13NO4S/c11-9(12)2-1-3-10-5-8-4-7(10)6-15(8,13)14/h1-2,7-8H,3-6H2,(H,11,12)/b2-1+. The smallest absolute Gasteiger partial charge is 0.328 e. The summed E-state index contributed by atoms with van der Waals surface area (Å²) in [6, 6.07) is 0.0958. The summed E-state index contributed by atoms with van der Waals surface area (Å²) < 4.78 is 22.8. The van der Waals surface area contributed by atoms with Gasteiger partial charge in [-0.1, -0.05) is 6.08 Å². The number of likely N-dealkylation sites (tertiary alicyclic amines) is 1. The summed E-state index contributed by atoms with van der Waals surface area (Å²) in [5, 5.41) is 8.18. The van der Waals surface area contributed by atoms with E-state index < -0.39 is 15.8 Å². The highest BCUT2D eigenvalue weighted by atomic mass is 32.2. The Kier molecular flexibility index (Phi) is 2.56. The molecule has 0 aromatic carbocycles. The quantitative estimate of drug-likeness (QED) is 0.663. The maximum Gasteiger partial charge on any atom is 0.328 e. The lowest BCUT2D eigenvalue weighted by molar-refractivity contribution is -0.131. The van der Waals surface area contributed by atoms with Gasteiger partial charge in [0.15, 0.2) is 9.84 Å². The van der Waals surface area contributed by atoms with E-state index in [4.69, 9.17) is 5.11 Å². The highest BCUT2D eigenvalue weighted by Crippen LogP contribution is 2.32. The zero-order chi connectivity index (χ0) is 11.1. The van der Waals surface area contributed by atoms with Crippen LogP contribution >= 0.6 is 0 Å². The SMILES string of the molecule is O=C(O)/C=C/CN1CC2CC1CS2(=O)=O. The third-order valence-electron chi connectivity index (χ3n) is 3.02. The molecule has 2 heterocycles. The molecule has 2 fully saturated rings. The second-order valence-electron chi connectivity index (χ2n) is 4.04. The number of rotatable bonds is 3. The molecule has 2 unspecified atom stereocenters. The number of nitrogens with zero attached hydrogens (tertiary/aromatic N) is 1. The van der Waals surface area contributed by atoms with Gasteiger partial charge in [-0.3, -0.25) is 4.90 Å². The lowest BCUT2D eigenvalue weighted by Gasteiger charge is -2.24. The lowest BCUT2D eigenvalue weighted by Crippen LogP contribution is -2.40. The van der Waals surface area contributed by atoms with E-state index >= 15 is 0 Å². The van der Waals surface area contributed by atoms with Gasteiger partial charge in [0.05, 0.1) is 11.0 Å². The van der Waals surface area contributed by atoms with Crippen molar-refractivity contribution in [2.45, 2.75) is 17.7 Å². The molecule has 15 heavy (non-hydrogen) atoms. The van der Waals surface area contributed by atoms with Crippen LogP contribution in [0.1, 0.15) is 6.42 Å². The third-order valence-corrected chi connectivity index (χ3v) is 5.23. The maximum atomic E-state index is 11.4. The third kappa shape index (κ3) is 2.05. The minimum Gasteiger partial charge on any atom is -0.478 e. The zero-order valence-electron chi connectivity index (χ0n) is 8.17. The van der Waals surface area contributed by atoms with Gasteiger partial charge in [0.2, 0.25) is 0 Å². The first kappa shape index (κ1) is 10.6. The Morgan fingerprint density at radius 2 is 2.27 bits per heavy atom. The maximum absolute atomic E-state index is 11.4. The van der Waals surface area contributed by atoms with Gasteiger partial charge in [-0.2, -0.15) is 0 Å². The first-order valence-corrected chi connectivity index (χ1v) is 6.55. The van der Waals surface area contributed by atoms with Crippen LogP contribution in [0, 0.1) is 0 Å². The van der Waals surface area contributed by atoms with Crippen LogP contribution in [0.4, 0.5) is 0 Å². The Morgan fingerprint density at radius 3 is 2.73 bits per heavy atom. The fraction of sp³-hybridized carbons (Fsp3) is 0.667. The van der Waals surface area contributed by atoms with Crippen molar-refractivity contribution in [3.05, 3.63) is 12.2 Å². The van der Waals surface area contributed by atoms with Crippen molar-refractivity contribution in [1.29, 1.82) is 0 Å². The molecular weight excluding hydrogens is 218 g/mol. The van der Waals surface area contributed by atoms with Crippen molar-refractivity contribution in [2.24, 2.45) is 0 Å². The number of fused-ring (bicyclic) bond motifs is 2. The van der Waals surface area contributed by atoms with Crippen LogP contribution in [0.2, 0.25) is 0 Å². The predicted octanol–water partition coefficient (Wildman–Crippen LogP) is -0.501. The Morgan fingerprint density at radius 1 is 1.53 bits per heavy atom. The van der Waals surface area contributed by atoms with E-state index in [1.165, 1.54) is 0 Å². The van der Waals surface area contributed by atoms with Gasteiger partial charge in [0.1, 0.15) is 0 Å². The van der Waals surface area contributed by atoms with Crippen LogP contribution in [0.15, 0.2) is 12.2 Å². The molecule has 2 aliphatic rings. The molecule has 2 atom stereocenters. The van der Waals surface area contributed by atoms with Crippen molar-refractivity contribution in [2.75, 3.05) is 18.8 Å². The molecule has 2 saturated heterocycles. The van der Waals surface area contributed by atoms with Gasteiger partial charge in [-0.25, -0.2) is 13.2 Å². The minimum absolute atomic E-state index is 0.0958. The summed E-state index contributed by atoms with van der Waals surface area (Å²) in [5.74, 6) is -0.731. The molecule has 0 radical (unpaired) electrons. The molecule has 0 amide bonds. The molecule has 2 bridgehead atoms. The number of carboxylic acids is 1. The monoisotopic (exact) mass is 231 g/mol. The van der Waals surface area contributed by atoms with E-state index in [0.29, 0.717) is 19.5 Å². The molecule has 84 valence electrons. The van der Waals surface area contributed by atoms with Crippen LogP contribution in [0.25, 0.3) is 0 Å². The molecule has 1 N–H and O–H groups in total. The van der Waals surface area contributed by atoms with E-state index in [9.17, 15) is 13.2 Å². The second-order valence-corrected chi connectivity index (χ2v) is 6.36. The molecule has 0 spiro atoms. The number of sulfone groups is 1. The Bertz CT molecular complexity index is 400. The number of hydrogen-bond acceptors (Lipinski definition) is 4. The number of carbonyl (C=O) groups is 1. The van der Waals surface area contributed by atoms with E-state index in [1.54, 1.807) is 6.08 Å². The van der Waals surface area contributed by atoms with Crippen molar-refractivity contribution in [3.63, 3.8) is 0 Å². The van der Waals surface area contributed by atoms with Gasteiger partial charge in [0.25, 0.3) is 0 Å². The number of hydrogen-bond donors (Lipinski definition) is 1. The van der Waals surface area contributed by atoms with Gasteiger partial charge >= 0.3 is 5.97 Å². The van der Waals surface area contributed by atoms with Gasteiger partial charge < -0.3 is 5.11 Å². The predicted molar refractivity (Wildman–Crippen MR) is 54.3 cm³/mol. The molecule has 2 aliphatic heterocycles. The summed E-state index contributed by atoms with van der Waals surface area (Å²) >= 11 is 0. The Hall–Kier alpha value is -0.880. The van der Waals surface area contributed by atoms with Gasteiger partial charge in [-0.15, -0.1) is 0 Å². The molecular formula is C9H13NO4S.